The Morgan fingerprint density at radius 1 is 0.974 bits per heavy atom. The minimum Gasteiger partial charge on any atom is -0.457 e. The van der Waals surface area contributed by atoms with E-state index in [-0.39, 0.29) is 23.1 Å². The van der Waals surface area contributed by atoms with Crippen molar-refractivity contribution in [1.29, 1.82) is 0 Å². The van der Waals surface area contributed by atoms with Crippen LogP contribution in [0.3, 0.4) is 0 Å². The molecule has 1 aliphatic rings. The fourth-order valence-corrected chi connectivity index (χ4v) is 4.76. The number of ketones is 1. The number of carbonyl (C=O) groups excluding carboxylic acids is 2. The van der Waals surface area contributed by atoms with Gasteiger partial charge in [-0.3, -0.25) is 9.59 Å². The number of hydrogen-bond acceptors (Lipinski definition) is 6. The van der Waals surface area contributed by atoms with Crippen molar-refractivity contribution in [3.05, 3.63) is 101 Å². The zero-order chi connectivity index (χ0) is 26.9. The summed E-state index contributed by atoms with van der Waals surface area (Å²) in [5, 5.41) is 5.18. The number of benzene rings is 3. The van der Waals surface area contributed by atoms with Crippen LogP contribution in [0, 0.1) is 6.92 Å². The summed E-state index contributed by atoms with van der Waals surface area (Å²) in [6, 6.07) is 22.3. The smallest absolute Gasteiger partial charge is 0.254 e. The number of amides is 1. The molecule has 0 aliphatic carbocycles. The molecule has 39 heavy (non-hydrogen) atoms. The van der Waals surface area contributed by atoms with E-state index in [2.05, 4.69) is 10.1 Å². The molecule has 0 saturated carbocycles. The average Bonchev–Trinajstić information content (AvgIpc) is 3.56. The molecule has 9 nitrogen and oxygen atoms in total. The van der Waals surface area contributed by atoms with Gasteiger partial charge in [0, 0.05) is 29.6 Å². The van der Waals surface area contributed by atoms with Crippen LogP contribution in [0.4, 0.5) is 5.82 Å². The second kappa shape index (κ2) is 10.1. The van der Waals surface area contributed by atoms with E-state index in [9.17, 15) is 9.59 Å². The molecule has 3 heterocycles. The zero-order valence-corrected chi connectivity index (χ0v) is 21.4. The predicted octanol–water partition coefficient (Wildman–Crippen LogP) is 4.74. The molecule has 6 rings (SSSR count). The summed E-state index contributed by atoms with van der Waals surface area (Å²) in [6.45, 7) is 4.15. The van der Waals surface area contributed by atoms with E-state index in [0.717, 1.165) is 27.9 Å². The molecule has 3 aromatic carbocycles. The van der Waals surface area contributed by atoms with Crippen molar-refractivity contribution < 1.29 is 19.1 Å². The van der Waals surface area contributed by atoms with Crippen LogP contribution >= 0.6 is 0 Å². The third kappa shape index (κ3) is 4.75. The second-order valence-corrected chi connectivity index (χ2v) is 9.44. The maximum Gasteiger partial charge on any atom is 0.254 e. The third-order valence-corrected chi connectivity index (χ3v) is 6.84. The second-order valence-electron chi connectivity index (χ2n) is 9.44. The SMILES string of the molecule is Cc1cc(Oc2ccccc2)ccc1-n1ncc(C(=O)c2cc3cc(C(=O)N4CCOCC4)ccc3[nH]2)c1N. The number of para-hydroxylation sites is 1. The van der Waals surface area contributed by atoms with Crippen molar-refractivity contribution in [3.8, 4) is 17.2 Å². The van der Waals surface area contributed by atoms with Gasteiger partial charge in [-0.2, -0.15) is 5.10 Å². The Bertz CT molecular complexity index is 1680. The Hall–Kier alpha value is -4.89. The fraction of sp³-hybridized carbons (Fsp3) is 0.167. The average molecular weight is 522 g/mol. The fourth-order valence-electron chi connectivity index (χ4n) is 4.76. The number of aromatic nitrogens is 3. The predicted molar refractivity (Wildman–Crippen MR) is 148 cm³/mol. The Morgan fingerprint density at radius 2 is 1.77 bits per heavy atom. The van der Waals surface area contributed by atoms with E-state index in [1.54, 1.807) is 27.8 Å². The van der Waals surface area contributed by atoms with Crippen molar-refractivity contribution in [2.24, 2.45) is 0 Å². The van der Waals surface area contributed by atoms with E-state index in [0.29, 0.717) is 43.3 Å². The topological polar surface area (TPSA) is 115 Å². The van der Waals surface area contributed by atoms with E-state index in [1.807, 2.05) is 61.5 Å². The maximum absolute atomic E-state index is 13.4. The number of ether oxygens (including phenoxy) is 2. The largest absolute Gasteiger partial charge is 0.457 e. The zero-order valence-electron chi connectivity index (χ0n) is 21.4. The summed E-state index contributed by atoms with van der Waals surface area (Å²) in [5.74, 6) is 1.34. The standard InChI is InChI=1S/C30H27N5O4/c1-19-15-23(39-22-5-3-2-4-6-22)8-10-27(19)35-29(31)24(18-32-35)28(36)26-17-21-16-20(7-9-25(21)33-26)30(37)34-11-13-38-14-12-34/h2-10,15-18,33H,11-14,31H2,1H3. The first-order valence-electron chi connectivity index (χ1n) is 12.7. The summed E-state index contributed by atoms with van der Waals surface area (Å²) in [5.41, 5.74) is 10.0. The number of nitrogens with zero attached hydrogens (tertiary/aromatic N) is 3. The highest BCUT2D eigenvalue weighted by molar-refractivity contribution is 6.13. The molecule has 2 aromatic heterocycles. The van der Waals surface area contributed by atoms with Crippen LogP contribution in [0.1, 0.15) is 32.0 Å². The highest BCUT2D eigenvalue weighted by atomic mass is 16.5. The molecule has 0 radical (unpaired) electrons. The lowest BCUT2D eigenvalue weighted by atomic mass is 10.1. The maximum atomic E-state index is 13.4. The number of carbonyl (C=O) groups is 2. The Morgan fingerprint density at radius 3 is 2.54 bits per heavy atom. The number of rotatable bonds is 6. The lowest BCUT2D eigenvalue weighted by Gasteiger charge is -2.26. The highest BCUT2D eigenvalue weighted by Gasteiger charge is 2.22. The summed E-state index contributed by atoms with van der Waals surface area (Å²) in [4.78, 5) is 31.2. The van der Waals surface area contributed by atoms with Crippen molar-refractivity contribution in [3.63, 3.8) is 0 Å². The van der Waals surface area contributed by atoms with Gasteiger partial charge in [-0.25, -0.2) is 4.68 Å². The van der Waals surface area contributed by atoms with Gasteiger partial charge in [0.05, 0.1) is 36.4 Å². The minimum absolute atomic E-state index is 0.0460. The van der Waals surface area contributed by atoms with Crippen molar-refractivity contribution >= 4 is 28.4 Å². The Balaban J connectivity index is 1.24. The first-order chi connectivity index (χ1) is 19.0. The van der Waals surface area contributed by atoms with E-state index >= 15 is 0 Å². The summed E-state index contributed by atoms with van der Waals surface area (Å²) in [7, 11) is 0. The van der Waals surface area contributed by atoms with Gasteiger partial charge in [-0.15, -0.1) is 0 Å². The number of nitrogens with one attached hydrogen (secondary N) is 1. The lowest BCUT2D eigenvalue weighted by Crippen LogP contribution is -2.40. The molecule has 1 saturated heterocycles. The van der Waals surface area contributed by atoms with Crippen LogP contribution < -0.4 is 10.5 Å². The van der Waals surface area contributed by atoms with Crippen LogP contribution in [0.15, 0.2) is 79.0 Å². The van der Waals surface area contributed by atoms with Crippen molar-refractivity contribution in [2.75, 3.05) is 32.0 Å². The van der Waals surface area contributed by atoms with Gasteiger partial charge in [-0.1, -0.05) is 18.2 Å². The molecule has 0 unspecified atom stereocenters. The van der Waals surface area contributed by atoms with Gasteiger partial charge < -0.3 is 25.1 Å². The van der Waals surface area contributed by atoms with Gasteiger partial charge in [0.1, 0.15) is 17.3 Å². The summed E-state index contributed by atoms with van der Waals surface area (Å²) >= 11 is 0. The number of nitrogens with two attached hydrogens (primary N) is 1. The van der Waals surface area contributed by atoms with Gasteiger partial charge in [-0.05, 0) is 67.1 Å². The highest BCUT2D eigenvalue weighted by Crippen LogP contribution is 2.28. The molecule has 1 aliphatic heterocycles. The van der Waals surface area contributed by atoms with Crippen LogP contribution in [-0.2, 0) is 4.74 Å². The normalized spacial score (nSPS) is 13.5. The first kappa shape index (κ1) is 24.4. The molecular weight excluding hydrogens is 494 g/mol. The number of nitrogen functional groups attached to an aromatic ring is 1. The third-order valence-electron chi connectivity index (χ3n) is 6.84. The van der Waals surface area contributed by atoms with Crippen LogP contribution in [0.2, 0.25) is 0 Å². The van der Waals surface area contributed by atoms with Crippen LogP contribution in [0.25, 0.3) is 16.6 Å². The molecule has 0 atom stereocenters. The molecule has 5 aromatic rings. The molecular formula is C30H27N5O4. The monoisotopic (exact) mass is 521 g/mol. The minimum atomic E-state index is -0.280. The lowest BCUT2D eigenvalue weighted by molar-refractivity contribution is 0.0303. The van der Waals surface area contributed by atoms with Gasteiger partial charge in [0.25, 0.3) is 5.91 Å². The molecule has 0 spiro atoms. The molecule has 0 bridgehead atoms. The number of H-pyrrole nitrogens is 1. The first-order valence-corrected chi connectivity index (χ1v) is 12.7. The molecule has 1 amide bonds. The molecule has 9 heteroatoms. The molecule has 196 valence electrons. The molecule has 1 fully saturated rings. The molecule has 3 N–H and O–H groups in total. The number of morpholine rings is 1. The quantitative estimate of drug-likeness (QED) is 0.312. The summed E-state index contributed by atoms with van der Waals surface area (Å²) in [6.07, 6.45) is 1.48. The van der Waals surface area contributed by atoms with Crippen LogP contribution in [0.5, 0.6) is 11.5 Å². The van der Waals surface area contributed by atoms with E-state index in [1.165, 1.54) is 6.20 Å². The Kier molecular flexibility index (Phi) is 6.34. The number of fused-ring (bicyclic) bond motifs is 1. The van der Waals surface area contributed by atoms with Crippen molar-refractivity contribution in [1.82, 2.24) is 19.7 Å². The number of hydrogen-bond donors (Lipinski definition) is 2. The number of aromatic amines is 1. The number of anilines is 1. The van der Waals surface area contributed by atoms with E-state index < -0.39 is 0 Å². The van der Waals surface area contributed by atoms with E-state index in [4.69, 9.17) is 15.2 Å². The summed E-state index contributed by atoms with van der Waals surface area (Å²) < 4.78 is 12.8. The number of aryl methyl sites for hydroxylation is 1. The van der Waals surface area contributed by atoms with Gasteiger partial charge in [0.2, 0.25) is 5.78 Å². The van der Waals surface area contributed by atoms with Gasteiger partial charge >= 0.3 is 0 Å². The Labute approximate surface area is 224 Å². The van der Waals surface area contributed by atoms with Crippen molar-refractivity contribution in [2.45, 2.75) is 6.92 Å². The van der Waals surface area contributed by atoms with Gasteiger partial charge in [0.15, 0.2) is 0 Å². The van der Waals surface area contributed by atoms with Crippen LogP contribution in [-0.4, -0.2) is 57.7 Å².